The zero-order chi connectivity index (χ0) is 17.7. The van der Waals surface area contributed by atoms with Crippen LogP contribution in [0.1, 0.15) is 36.2 Å². The van der Waals surface area contributed by atoms with Gasteiger partial charge in [0.15, 0.2) is 5.84 Å². The Labute approximate surface area is 140 Å². The minimum absolute atomic E-state index is 0.383. The quantitative estimate of drug-likeness (QED) is 0.265. The summed E-state index contributed by atoms with van der Waals surface area (Å²) in [4.78, 5) is 11.8. The summed E-state index contributed by atoms with van der Waals surface area (Å²) in [5.74, 6) is 10.6. The molecule has 0 spiro atoms. The SMILES string of the molecule is C/C=c1\c(=C/CC)c(C(N)=O)cn1-c1ccc(/C(=N/N)NN)cc1. The van der Waals surface area contributed by atoms with E-state index in [4.69, 9.17) is 17.4 Å². The number of amides is 1. The van der Waals surface area contributed by atoms with Crippen LogP contribution < -0.4 is 33.4 Å². The molecule has 7 N–H and O–H groups in total. The van der Waals surface area contributed by atoms with E-state index in [0.29, 0.717) is 11.4 Å². The van der Waals surface area contributed by atoms with Gasteiger partial charge in [-0.2, -0.15) is 5.10 Å². The lowest BCUT2D eigenvalue weighted by Gasteiger charge is -2.07. The number of hydrogen-bond acceptors (Lipinski definition) is 4. The number of carbonyl (C=O) groups is 1. The molecule has 0 unspecified atom stereocenters. The van der Waals surface area contributed by atoms with Crippen LogP contribution >= 0.6 is 0 Å². The third-order valence-electron chi connectivity index (χ3n) is 3.72. The van der Waals surface area contributed by atoms with Gasteiger partial charge in [-0.1, -0.05) is 19.1 Å². The average molecular weight is 326 g/mol. The van der Waals surface area contributed by atoms with Crippen molar-refractivity contribution in [1.82, 2.24) is 9.99 Å². The molecular weight excluding hydrogens is 304 g/mol. The zero-order valence-corrected chi connectivity index (χ0v) is 13.8. The van der Waals surface area contributed by atoms with Crippen molar-refractivity contribution in [3.63, 3.8) is 0 Å². The lowest BCUT2D eigenvalue weighted by atomic mass is 10.2. The number of nitrogens with one attached hydrogen (secondary N) is 1. The summed E-state index contributed by atoms with van der Waals surface area (Å²) in [5.41, 5.74) is 10.1. The molecule has 7 heteroatoms. The second-order valence-corrected chi connectivity index (χ2v) is 5.15. The number of aromatic nitrogens is 1. The van der Waals surface area contributed by atoms with Crippen molar-refractivity contribution < 1.29 is 4.79 Å². The Morgan fingerprint density at radius 1 is 1.33 bits per heavy atom. The van der Waals surface area contributed by atoms with Gasteiger partial charge in [-0.05, 0) is 37.6 Å². The highest BCUT2D eigenvalue weighted by Crippen LogP contribution is 2.09. The molecular formula is C17H22N6O. The maximum atomic E-state index is 11.8. The van der Waals surface area contributed by atoms with E-state index in [1.807, 2.05) is 54.8 Å². The Morgan fingerprint density at radius 3 is 2.46 bits per heavy atom. The Morgan fingerprint density at radius 2 is 2.00 bits per heavy atom. The van der Waals surface area contributed by atoms with Crippen LogP contribution in [0.25, 0.3) is 17.8 Å². The Balaban J connectivity index is 2.64. The second kappa shape index (κ2) is 7.47. The van der Waals surface area contributed by atoms with Crippen molar-refractivity contribution >= 4 is 23.9 Å². The van der Waals surface area contributed by atoms with E-state index < -0.39 is 5.91 Å². The van der Waals surface area contributed by atoms with Gasteiger partial charge in [-0.25, -0.2) is 5.84 Å². The normalized spacial score (nSPS) is 13.4. The van der Waals surface area contributed by atoms with Gasteiger partial charge in [0.25, 0.3) is 5.91 Å². The first-order valence-corrected chi connectivity index (χ1v) is 7.60. The topological polar surface area (TPSA) is 124 Å². The minimum Gasteiger partial charge on any atom is -0.366 e. The monoisotopic (exact) mass is 326 g/mol. The molecule has 0 radical (unpaired) electrons. The number of amidine groups is 1. The highest BCUT2D eigenvalue weighted by molar-refractivity contribution is 5.98. The van der Waals surface area contributed by atoms with Gasteiger partial charge < -0.3 is 21.6 Å². The summed E-state index contributed by atoms with van der Waals surface area (Å²) in [7, 11) is 0. The molecule has 1 aromatic heterocycles. The fraction of sp³-hybridized carbons (Fsp3) is 0.176. The zero-order valence-electron chi connectivity index (χ0n) is 13.8. The van der Waals surface area contributed by atoms with E-state index in [9.17, 15) is 4.79 Å². The molecule has 24 heavy (non-hydrogen) atoms. The van der Waals surface area contributed by atoms with Crippen LogP contribution in [0.15, 0.2) is 35.6 Å². The highest BCUT2D eigenvalue weighted by atomic mass is 16.1. The van der Waals surface area contributed by atoms with Crippen molar-refractivity contribution in [2.24, 2.45) is 22.5 Å². The van der Waals surface area contributed by atoms with Crippen LogP contribution in [0.4, 0.5) is 0 Å². The molecule has 0 saturated carbocycles. The largest absolute Gasteiger partial charge is 0.366 e. The molecule has 2 rings (SSSR count). The second-order valence-electron chi connectivity index (χ2n) is 5.15. The molecule has 0 bridgehead atoms. The van der Waals surface area contributed by atoms with Crippen molar-refractivity contribution in [1.29, 1.82) is 0 Å². The fourth-order valence-corrected chi connectivity index (χ4v) is 2.63. The Hall–Kier alpha value is -3.06. The third-order valence-corrected chi connectivity index (χ3v) is 3.72. The van der Waals surface area contributed by atoms with Gasteiger partial charge >= 0.3 is 0 Å². The van der Waals surface area contributed by atoms with E-state index in [-0.39, 0.29) is 0 Å². The van der Waals surface area contributed by atoms with E-state index in [2.05, 4.69) is 10.5 Å². The lowest BCUT2D eigenvalue weighted by molar-refractivity contribution is 0.0999. The summed E-state index contributed by atoms with van der Waals surface area (Å²) in [6, 6.07) is 7.47. The molecule has 1 aromatic carbocycles. The summed E-state index contributed by atoms with van der Waals surface area (Å²) >= 11 is 0. The number of hydrogen-bond donors (Lipinski definition) is 4. The molecule has 0 atom stereocenters. The van der Waals surface area contributed by atoms with Gasteiger partial charge in [0.2, 0.25) is 0 Å². The molecule has 0 fully saturated rings. The molecule has 0 aliphatic carbocycles. The summed E-state index contributed by atoms with van der Waals surface area (Å²) in [6.07, 6.45) is 6.52. The predicted octanol–water partition coefficient (Wildman–Crippen LogP) is -0.349. The number of nitrogens with zero attached hydrogens (tertiary/aromatic N) is 2. The Kier molecular flexibility index (Phi) is 5.39. The predicted molar refractivity (Wildman–Crippen MR) is 96.5 cm³/mol. The summed E-state index contributed by atoms with van der Waals surface area (Å²) < 4.78 is 1.93. The van der Waals surface area contributed by atoms with Crippen LogP contribution in [0, 0.1) is 0 Å². The summed E-state index contributed by atoms with van der Waals surface area (Å²) in [6.45, 7) is 3.94. The van der Waals surface area contributed by atoms with Gasteiger partial charge in [0.05, 0.1) is 5.56 Å². The third kappa shape index (κ3) is 3.16. The van der Waals surface area contributed by atoms with E-state index >= 15 is 0 Å². The highest BCUT2D eigenvalue weighted by Gasteiger charge is 2.11. The molecule has 2 aromatic rings. The molecule has 0 aliphatic rings. The van der Waals surface area contributed by atoms with Crippen molar-refractivity contribution in [2.75, 3.05) is 0 Å². The smallest absolute Gasteiger partial charge is 0.250 e. The van der Waals surface area contributed by atoms with Gasteiger partial charge in [-0.3, -0.25) is 4.79 Å². The van der Waals surface area contributed by atoms with E-state index in [1.54, 1.807) is 6.20 Å². The van der Waals surface area contributed by atoms with Crippen LogP contribution in [-0.4, -0.2) is 16.3 Å². The first kappa shape index (κ1) is 17.3. The Bertz CT molecular complexity index is 877. The lowest BCUT2D eigenvalue weighted by Crippen LogP contribution is -2.32. The fourth-order valence-electron chi connectivity index (χ4n) is 2.63. The van der Waals surface area contributed by atoms with Gasteiger partial charge in [0.1, 0.15) is 0 Å². The van der Waals surface area contributed by atoms with Crippen LogP contribution in [0.2, 0.25) is 0 Å². The maximum Gasteiger partial charge on any atom is 0.250 e. The average Bonchev–Trinajstić information content (AvgIpc) is 2.95. The maximum absolute atomic E-state index is 11.8. The molecule has 7 nitrogen and oxygen atoms in total. The van der Waals surface area contributed by atoms with Gasteiger partial charge in [0, 0.05) is 28.0 Å². The molecule has 0 saturated heterocycles. The number of hydrazine groups is 1. The first-order chi connectivity index (χ1) is 11.6. The van der Waals surface area contributed by atoms with Crippen molar-refractivity contribution in [3.8, 4) is 5.69 Å². The van der Waals surface area contributed by atoms with Crippen molar-refractivity contribution in [3.05, 3.63) is 52.2 Å². The van der Waals surface area contributed by atoms with E-state index in [1.165, 1.54) is 0 Å². The molecule has 1 heterocycles. The van der Waals surface area contributed by atoms with E-state index in [0.717, 1.165) is 28.2 Å². The summed E-state index contributed by atoms with van der Waals surface area (Å²) in [5, 5.41) is 5.35. The van der Waals surface area contributed by atoms with Gasteiger partial charge in [-0.15, -0.1) is 0 Å². The molecule has 126 valence electrons. The number of carbonyl (C=O) groups excluding carboxylic acids is 1. The van der Waals surface area contributed by atoms with Crippen LogP contribution in [-0.2, 0) is 0 Å². The number of nitrogens with two attached hydrogens (primary N) is 3. The number of rotatable bonds is 4. The first-order valence-electron chi connectivity index (χ1n) is 7.60. The standard InChI is InChI=1S/C17H22N6O/c1-3-5-13-14(16(18)24)10-23(15(13)4-2)12-8-6-11(7-9-12)17(21-19)22-20/h4-10H,3,19-20H2,1-2H3,(H2,18,24)(H,21,22)/b13-5-,15-4+. The van der Waals surface area contributed by atoms with Crippen LogP contribution in [0.3, 0.4) is 0 Å². The number of benzene rings is 1. The number of primary amides is 1. The molecule has 0 aliphatic heterocycles. The molecule has 1 amide bonds. The van der Waals surface area contributed by atoms with Crippen LogP contribution in [0.5, 0.6) is 0 Å². The van der Waals surface area contributed by atoms with Crippen molar-refractivity contribution in [2.45, 2.75) is 20.3 Å². The number of hydrazone groups is 1. The minimum atomic E-state index is -0.446.